The minimum Gasteiger partial charge on any atom is -0.502 e. The summed E-state index contributed by atoms with van der Waals surface area (Å²) in [5, 5.41) is 11.1. The van der Waals surface area contributed by atoms with Crippen LogP contribution in [0.4, 0.5) is 0 Å². The molecule has 2 aliphatic rings. The number of methoxy groups -OCH3 is 2. The predicted molar refractivity (Wildman–Crippen MR) is 112 cm³/mol. The van der Waals surface area contributed by atoms with E-state index in [-0.39, 0.29) is 40.7 Å². The second kappa shape index (κ2) is 6.79. The number of carbonyl (C=O) groups is 1. The summed E-state index contributed by atoms with van der Waals surface area (Å²) in [5.74, 6) is 0.00130. The van der Waals surface area contributed by atoms with Gasteiger partial charge in [-0.3, -0.25) is 9.59 Å². The molecule has 154 valence electrons. The molecule has 0 radical (unpaired) electrons. The van der Waals surface area contributed by atoms with Crippen LogP contribution in [0.25, 0.3) is 10.9 Å². The second-order valence-electron chi connectivity index (χ2n) is 7.75. The number of carbonyl (C=O) groups excluding carboxylic acids is 1. The molecule has 1 aromatic heterocycles. The van der Waals surface area contributed by atoms with Gasteiger partial charge in [0.1, 0.15) is 0 Å². The van der Waals surface area contributed by atoms with Gasteiger partial charge in [0.25, 0.3) is 11.5 Å². The van der Waals surface area contributed by atoms with Gasteiger partial charge in [-0.1, -0.05) is 18.2 Å². The lowest BCUT2D eigenvalue weighted by atomic mass is 9.78. The van der Waals surface area contributed by atoms with Gasteiger partial charge in [0.15, 0.2) is 11.5 Å². The highest BCUT2D eigenvalue weighted by Gasteiger charge is 2.45. The fourth-order valence-electron chi connectivity index (χ4n) is 4.99. The number of aromatic hydroxyl groups is 1. The first kappa shape index (κ1) is 18.5. The molecule has 2 N–H and O–H groups in total. The van der Waals surface area contributed by atoms with E-state index in [0.717, 1.165) is 23.8 Å². The van der Waals surface area contributed by atoms with Gasteiger partial charge in [-0.25, -0.2) is 0 Å². The molecule has 2 aromatic carbocycles. The third kappa shape index (κ3) is 2.51. The normalized spacial score (nSPS) is 20.2. The predicted octanol–water partition coefficient (Wildman–Crippen LogP) is 3.00. The number of para-hydroxylation sites is 1. The van der Waals surface area contributed by atoms with Gasteiger partial charge in [0, 0.05) is 35.0 Å². The van der Waals surface area contributed by atoms with E-state index in [9.17, 15) is 14.7 Å². The fraction of sp³-hybridized carbons (Fsp3) is 0.304. The lowest BCUT2D eigenvalue weighted by Gasteiger charge is -2.38. The number of aromatic nitrogens is 1. The Hall–Kier alpha value is -3.48. The van der Waals surface area contributed by atoms with Gasteiger partial charge in [-0.15, -0.1) is 0 Å². The van der Waals surface area contributed by atoms with E-state index in [0.29, 0.717) is 23.2 Å². The molecule has 7 nitrogen and oxygen atoms in total. The Labute approximate surface area is 172 Å². The highest BCUT2D eigenvalue weighted by Crippen LogP contribution is 2.46. The standard InChI is InChI=1S/C23H22N2O5/c1-29-16-10-12(11-17(30-2)21(16)26)18-15-8-5-9-25(15)23(28)19-13-6-3-4-7-14(13)24-22(27)20(18)19/h3-4,6-7,10-11,15,18,26H,5,8-9H2,1-2H3,(H,24,27)/t15-,18?/m0/s1. The third-order valence-electron chi connectivity index (χ3n) is 6.29. The Morgan fingerprint density at radius 3 is 2.50 bits per heavy atom. The zero-order valence-corrected chi connectivity index (χ0v) is 16.8. The number of rotatable bonds is 3. The van der Waals surface area contributed by atoms with Crippen molar-refractivity contribution in [3.63, 3.8) is 0 Å². The van der Waals surface area contributed by atoms with Gasteiger partial charge in [-0.05, 0) is 36.6 Å². The number of ether oxygens (including phenoxy) is 2. The molecular formula is C23H22N2O5. The number of nitrogens with zero attached hydrogens (tertiary/aromatic N) is 1. The summed E-state index contributed by atoms with van der Waals surface area (Å²) in [6, 6.07) is 10.7. The van der Waals surface area contributed by atoms with Crippen molar-refractivity contribution in [1.82, 2.24) is 9.88 Å². The van der Waals surface area contributed by atoms with Crippen LogP contribution in [0.2, 0.25) is 0 Å². The summed E-state index contributed by atoms with van der Waals surface area (Å²) in [6.07, 6.45) is 1.68. The van der Waals surface area contributed by atoms with E-state index >= 15 is 0 Å². The zero-order valence-electron chi connectivity index (χ0n) is 16.8. The van der Waals surface area contributed by atoms with Crippen molar-refractivity contribution in [3.05, 3.63) is 63.4 Å². The molecule has 7 heteroatoms. The number of phenolic OH excluding ortho intramolecular Hbond substituents is 1. The summed E-state index contributed by atoms with van der Waals surface area (Å²) < 4.78 is 10.7. The molecule has 0 saturated carbocycles. The Morgan fingerprint density at radius 1 is 1.10 bits per heavy atom. The maximum atomic E-state index is 13.4. The van der Waals surface area contributed by atoms with Crippen molar-refractivity contribution in [2.75, 3.05) is 20.8 Å². The number of H-pyrrole nitrogens is 1. The quantitative estimate of drug-likeness (QED) is 0.698. The molecule has 3 aromatic rings. The topological polar surface area (TPSA) is 91.9 Å². The van der Waals surface area contributed by atoms with Crippen LogP contribution in [-0.4, -0.2) is 47.7 Å². The number of fused-ring (bicyclic) bond motifs is 4. The average Bonchev–Trinajstić information content (AvgIpc) is 3.24. The van der Waals surface area contributed by atoms with Crippen molar-refractivity contribution in [1.29, 1.82) is 0 Å². The fourth-order valence-corrected chi connectivity index (χ4v) is 4.99. The zero-order chi connectivity index (χ0) is 21.0. The van der Waals surface area contributed by atoms with Crippen LogP contribution >= 0.6 is 0 Å². The number of phenols is 1. The van der Waals surface area contributed by atoms with Crippen LogP contribution < -0.4 is 15.0 Å². The molecule has 1 amide bonds. The highest BCUT2D eigenvalue weighted by atomic mass is 16.5. The maximum absolute atomic E-state index is 13.4. The number of hydrogen-bond donors (Lipinski definition) is 2. The molecule has 30 heavy (non-hydrogen) atoms. The number of aromatic amines is 1. The van der Waals surface area contributed by atoms with Gasteiger partial charge in [0.05, 0.1) is 19.8 Å². The smallest absolute Gasteiger partial charge is 0.255 e. The van der Waals surface area contributed by atoms with Crippen molar-refractivity contribution >= 4 is 16.8 Å². The largest absolute Gasteiger partial charge is 0.502 e. The van der Waals surface area contributed by atoms with Crippen molar-refractivity contribution in [2.45, 2.75) is 24.8 Å². The SMILES string of the molecule is COc1cc(C2c3c(c4ccccc4[nH]c3=O)C(=O)N3CCC[C@@H]23)cc(OC)c1O. The minimum absolute atomic E-state index is 0.0911. The van der Waals surface area contributed by atoms with Gasteiger partial charge < -0.3 is 24.5 Å². The first-order valence-corrected chi connectivity index (χ1v) is 9.96. The van der Waals surface area contributed by atoms with E-state index in [4.69, 9.17) is 9.47 Å². The second-order valence-corrected chi connectivity index (χ2v) is 7.75. The highest BCUT2D eigenvalue weighted by molar-refractivity contribution is 6.08. The molecule has 1 saturated heterocycles. The van der Waals surface area contributed by atoms with Crippen molar-refractivity contribution in [2.24, 2.45) is 0 Å². The van der Waals surface area contributed by atoms with Crippen molar-refractivity contribution < 1.29 is 19.4 Å². The van der Waals surface area contributed by atoms with E-state index in [1.807, 2.05) is 29.2 Å². The summed E-state index contributed by atoms with van der Waals surface area (Å²) in [5.41, 5.74) is 2.08. The van der Waals surface area contributed by atoms with E-state index in [2.05, 4.69) is 4.98 Å². The summed E-state index contributed by atoms with van der Waals surface area (Å²) in [6.45, 7) is 0.660. The molecule has 1 fully saturated rings. The molecule has 0 spiro atoms. The summed E-state index contributed by atoms with van der Waals surface area (Å²) in [4.78, 5) is 31.5. The number of hydrogen-bond acceptors (Lipinski definition) is 5. The molecule has 0 bridgehead atoms. The van der Waals surface area contributed by atoms with E-state index in [1.54, 1.807) is 12.1 Å². The van der Waals surface area contributed by atoms with Gasteiger partial charge >= 0.3 is 0 Å². The van der Waals surface area contributed by atoms with Crippen LogP contribution in [0.15, 0.2) is 41.2 Å². The van der Waals surface area contributed by atoms with E-state index in [1.165, 1.54) is 14.2 Å². The lowest BCUT2D eigenvalue weighted by Crippen LogP contribution is -2.47. The van der Waals surface area contributed by atoms with Crippen LogP contribution in [-0.2, 0) is 0 Å². The molecular weight excluding hydrogens is 384 g/mol. The molecule has 1 unspecified atom stereocenters. The van der Waals surface area contributed by atoms with Crippen molar-refractivity contribution in [3.8, 4) is 17.2 Å². The molecule has 0 aliphatic carbocycles. The van der Waals surface area contributed by atoms with Gasteiger partial charge in [0.2, 0.25) is 5.75 Å². The Bertz CT molecular complexity index is 1210. The number of nitrogens with one attached hydrogen (secondary N) is 1. The maximum Gasteiger partial charge on any atom is 0.255 e. The van der Waals surface area contributed by atoms with Crippen LogP contribution in [0.3, 0.4) is 0 Å². The number of amides is 1. The number of pyridine rings is 1. The first-order valence-electron chi connectivity index (χ1n) is 9.96. The van der Waals surface area contributed by atoms with Crippen LogP contribution in [0.5, 0.6) is 17.2 Å². The Kier molecular flexibility index (Phi) is 4.20. The van der Waals surface area contributed by atoms with Crippen LogP contribution in [0, 0.1) is 0 Å². The minimum atomic E-state index is -0.350. The number of benzene rings is 2. The molecule has 2 aliphatic heterocycles. The monoisotopic (exact) mass is 406 g/mol. The van der Waals surface area contributed by atoms with Crippen LogP contribution in [0.1, 0.15) is 40.2 Å². The molecule has 5 rings (SSSR count). The van der Waals surface area contributed by atoms with Gasteiger partial charge in [-0.2, -0.15) is 0 Å². The lowest BCUT2D eigenvalue weighted by molar-refractivity contribution is 0.0700. The summed E-state index contributed by atoms with van der Waals surface area (Å²) >= 11 is 0. The first-order chi connectivity index (χ1) is 14.5. The Balaban J connectivity index is 1.84. The Morgan fingerprint density at radius 2 is 1.80 bits per heavy atom. The summed E-state index contributed by atoms with van der Waals surface area (Å²) in [7, 11) is 2.94. The molecule has 2 atom stereocenters. The average molecular weight is 406 g/mol. The van der Waals surface area contributed by atoms with E-state index < -0.39 is 0 Å². The molecule has 3 heterocycles. The third-order valence-corrected chi connectivity index (χ3v) is 6.29.